The Bertz CT molecular complexity index is 773. The maximum absolute atomic E-state index is 10.7. The number of carboxylic acid groups (broad SMARTS) is 1. The Labute approximate surface area is 151 Å². The molecule has 23 heavy (non-hydrogen) atoms. The van der Waals surface area contributed by atoms with Crippen LogP contribution in [0, 0.1) is 13.8 Å². The summed E-state index contributed by atoms with van der Waals surface area (Å²) in [5.74, 6) is -0.583. The quantitative estimate of drug-likeness (QED) is 0.662. The number of hydrogen-bond donors (Lipinski definition) is 1. The largest absolute Gasteiger partial charge is 0.480 e. The monoisotopic (exact) mass is 439 g/mol. The molecule has 0 fully saturated rings. The normalized spacial score (nSPS) is 11.0. The summed E-state index contributed by atoms with van der Waals surface area (Å²) in [4.78, 5) is 15.2. The van der Waals surface area contributed by atoms with Crippen LogP contribution in [0.2, 0.25) is 0 Å². The second-order valence-corrected chi connectivity index (χ2v) is 6.79. The minimum absolute atomic E-state index is 0.412. The SMILES string of the molecule is Cc1ccc(N=Cc2cc(Br)cc(Br)c2OCC(=O)O)cc1C. The van der Waals surface area contributed by atoms with Gasteiger partial charge in [-0.1, -0.05) is 22.0 Å². The lowest BCUT2D eigenvalue weighted by molar-refractivity contribution is -0.139. The highest BCUT2D eigenvalue weighted by Gasteiger charge is 2.10. The Hall–Kier alpha value is -1.66. The summed E-state index contributed by atoms with van der Waals surface area (Å²) in [5.41, 5.74) is 3.89. The van der Waals surface area contributed by atoms with Crippen molar-refractivity contribution in [1.29, 1.82) is 0 Å². The lowest BCUT2D eigenvalue weighted by atomic mass is 10.1. The lowest BCUT2D eigenvalue weighted by Crippen LogP contribution is -2.11. The molecule has 6 heteroatoms. The van der Waals surface area contributed by atoms with Crippen molar-refractivity contribution >= 4 is 49.7 Å². The molecule has 0 amide bonds. The molecule has 0 aliphatic carbocycles. The van der Waals surface area contributed by atoms with E-state index in [1.807, 2.05) is 38.1 Å². The summed E-state index contributed by atoms with van der Waals surface area (Å²) in [7, 11) is 0. The van der Waals surface area contributed by atoms with Crippen molar-refractivity contribution in [3.05, 3.63) is 56.0 Å². The van der Waals surface area contributed by atoms with Gasteiger partial charge in [-0.05, 0) is 65.2 Å². The summed E-state index contributed by atoms with van der Waals surface area (Å²) in [6.07, 6.45) is 1.66. The molecule has 4 nitrogen and oxygen atoms in total. The van der Waals surface area contributed by atoms with Crippen LogP contribution in [0.3, 0.4) is 0 Å². The van der Waals surface area contributed by atoms with Crippen LogP contribution < -0.4 is 4.74 Å². The maximum Gasteiger partial charge on any atom is 0.341 e. The third kappa shape index (κ3) is 4.91. The summed E-state index contributed by atoms with van der Waals surface area (Å²) in [6, 6.07) is 9.57. The second kappa shape index (κ2) is 7.75. The highest BCUT2D eigenvalue weighted by Crippen LogP contribution is 2.32. The zero-order chi connectivity index (χ0) is 17.0. The lowest BCUT2D eigenvalue weighted by Gasteiger charge is -2.10. The van der Waals surface area contributed by atoms with Gasteiger partial charge in [-0.3, -0.25) is 4.99 Å². The van der Waals surface area contributed by atoms with E-state index in [4.69, 9.17) is 9.84 Å². The molecule has 0 aliphatic rings. The first-order valence-corrected chi connectivity index (χ1v) is 8.40. The van der Waals surface area contributed by atoms with Crippen molar-refractivity contribution in [2.75, 3.05) is 6.61 Å². The number of carboxylic acids is 1. The van der Waals surface area contributed by atoms with Crippen molar-refractivity contribution in [2.24, 2.45) is 4.99 Å². The van der Waals surface area contributed by atoms with Gasteiger partial charge in [0.15, 0.2) is 6.61 Å². The molecule has 2 rings (SSSR count). The van der Waals surface area contributed by atoms with E-state index in [1.165, 1.54) is 5.56 Å². The molecular weight excluding hydrogens is 426 g/mol. The van der Waals surface area contributed by atoms with Crippen LogP contribution in [0.15, 0.2) is 44.3 Å². The van der Waals surface area contributed by atoms with Crippen molar-refractivity contribution in [3.8, 4) is 5.75 Å². The highest BCUT2D eigenvalue weighted by atomic mass is 79.9. The van der Waals surface area contributed by atoms with Gasteiger partial charge < -0.3 is 9.84 Å². The maximum atomic E-state index is 10.7. The fraction of sp³-hybridized carbons (Fsp3) is 0.176. The smallest absolute Gasteiger partial charge is 0.341 e. The summed E-state index contributed by atoms with van der Waals surface area (Å²) >= 11 is 6.80. The molecule has 0 saturated carbocycles. The van der Waals surface area contributed by atoms with Crippen molar-refractivity contribution in [3.63, 3.8) is 0 Å². The fourth-order valence-electron chi connectivity index (χ4n) is 1.91. The Kier molecular flexibility index (Phi) is 5.96. The van der Waals surface area contributed by atoms with E-state index >= 15 is 0 Å². The van der Waals surface area contributed by atoms with Crippen LogP contribution in [0.5, 0.6) is 5.75 Å². The Morgan fingerprint density at radius 1 is 1.22 bits per heavy atom. The second-order valence-electron chi connectivity index (χ2n) is 5.02. The van der Waals surface area contributed by atoms with E-state index < -0.39 is 12.6 Å². The molecule has 0 unspecified atom stereocenters. The number of hydrogen-bond acceptors (Lipinski definition) is 3. The van der Waals surface area contributed by atoms with E-state index in [0.29, 0.717) is 15.8 Å². The number of halogens is 2. The van der Waals surface area contributed by atoms with E-state index in [1.54, 1.807) is 12.3 Å². The molecule has 0 radical (unpaired) electrons. The predicted octanol–water partition coefficient (Wildman–Crippen LogP) is 5.04. The third-order valence-corrected chi connectivity index (χ3v) is 4.27. The van der Waals surface area contributed by atoms with Gasteiger partial charge in [0.2, 0.25) is 0 Å². The number of aliphatic imine (C=N–C) groups is 1. The van der Waals surface area contributed by atoms with Gasteiger partial charge in [-0.25, -0.2) is 4.79 Å². The van der Waals surface area contributed by atoms with Crippen LogP contribution in [0.4, 0.5) is 5.69 Å². The first-order valence-electron chi connectivity index (χ1n) is 6.82. The molecule has 2 aromatic carbocycles. The Morgan fingerprint density at radius 3 is 2.61 bits per heavy atom. The molecule has 0 bridgehead atoms. The molecule has 0 heterocycles. The molecule has 0 aliphatic heterocycles. The zero-order valence-electron chi connectivity index (χ0n) is 12.6. The van der Waals surface area contributed by atoms with Crippen molar-refractivity contribution in [1.82, 2.24) is 0 Å². The predicted molar refractivity (Wildman–Crippen MR) is 98.1 cm³/mol. The average Bonchev–Trinajstić information content (AvgIpc) is 2.47. The van der Waals surface area contributed by atoms with Crippen LogP contribution in [0.25, 0.3) is 0 Å². The van der Waals surface area contributed by atoms with Gasteiger partial charge in [0.1, 0.15) is 5.75 Å². The van der Waals surface area contributed by atoms with Gasteiger partial charge >= 0.3 is 5.97 Å². The molecule has 1 N–H and O–H groups in total. The van der Waals surface area contributed by atoms with Gasteiger partial charge in [-0.2, -0.15) is 0 Å². The zero-order valence-corrected chi connectivity index (χ0v) is 15.8. The van der Waals surface area contributed by atoms with E-state index in [0.717, 1.165) is 15.7 Å². The van der Waals surface area contributed by atoms with Crippen molar-refractivity contribution < 1.29 is 14.6 Å². The van der Waals surface area contributed by atoms with E-state index in [9.17, 15) is 4.79 Å². The molecule has 2 aromatic rings. The van der Waals surface area contributed by atoms with Crippen LogP contribution in [-0.4, -0.2) is 23.9 Å². The Morgan fingerprint density at radius 2 is 1.96 bits per heavy atom. The van der Waals surface area contributed by atoms with Crippen LogP contribution in [0.1, 0.15) is 16.7 Å². The number of aryl methyl sites for hydroxylation is 2. The van der Waals surface area contributed by atoms with Crippen LogP contribution in [-0.2, 0) is 4.79 Å². The Balaban J connectivity index is 2.35. The molecule has 0 atom stereocenters. The topological polar surface area (TPSA) is 58.9 Å². The molecule has 0 aromatic heterocycles. The van der Waals surface area contributed by atoms with Crippen molar-refractivity contribution in [2.45, 2.75) is 13.8 Å². The molecular formula is C17H15Br2NO3. The molecule has 120 valence electrons. The minimum Gasteiger partial charge on any atom is -0.480 e. The molecule has 0 saturated heterocycles. The first-order chi connectivity index (χ1) is 10.9. The van der Waals surface area contributed by atoms with E-state index in [2.05, 4.69) is 36.9 Å². The number of carbonyl (C=O) groups is 1. The average molecular weight is 441 g/mol. The van der Waals surface area contributed by atoms with Gasteiger partial charge in [0, 0.05) is 16.3 Å². The van der Waals surface area contributed by atoms with Crippen LogP contribution >= 0.6 is 31.9 Å². The van der Waals surface area contributed by atoms with Gasteiger partial charge in [-0.15, -0.1) is 0 Å². The first kappa shape index (κ1) is 17.7. The molecule has 0 spiro atoms. The number of rotatable bonds is 5. The summed E-state index contributed by atoms with van der Waals surface area (Å²) in [5, 5.41) is 8.79. The number of benzene rings is 2. The van der Waals surface area contributed by atoms with E-state index in [-0.39, 0.29) is 0 Å². The summed E-state index contributed by atoms with van der Waals surface area (Å²) in [6.45, 7) is 3.67. The van der Waals surface area contributed by atoms with Gasteiger partial charge in [0.25, 0.3) is 0 Å². The fourth-order valence-corrected chi connectivity index (χ4v) is 3.29. The number of ether oxygens (including phenoxy) is 1. The standard InChI is InChI=1S/C17H15Br2NO3/c1-10-3-4-14(5-11(10)2)20-8-12-6-13(18)7-15(19)17(12)23-9-16(21)22/h3-8H,9H2,1-2H3,(H,21,22). The summed E-state index contributed by atoms with van der Waals surface area (Å²) < 4.78 is 6.86. The minimum atomic E-state index is -1.03. The highest BCUT2D eigenvalue weighted by molar-refractivity contribution is 9.11. The van der Waals surface area contributed by atoms with Gasteiger partial charge in [0.05, 0.1) is 10.2 Å². The number of nitrogens with zero attached hydrogens (tertiary/aromatic N) is 1. The third-order valence-electron chi connectivity index (χ3n) is 3.22. The number of aliphatic carboxylic acids is 1.